The zero-order valence-electron chi connectivity index (χ0n) is 2.75. The van der Waals surface area contributed by atoms with Crippen molar-refractivity contribution in [2.24, 2.45) is 0 Å². The van der Waals surface area contributed by atoms with E-state index in [0.29, 0.717) is 0 Å². The maximum Gasteiger partial charge on any atom is 4.00 e. The van der Waals surface area contributed by atoms with E-state index in [0.717, 1.165) is 0 Å². The molecule has 0 radical (unpaired) electrons. The molecule has 24 valence electrons. The first kappa shape index (κ1) is 15.7. The van der Waals surface area contributed by atoms with Crippen LogP contribution < -0.4 is 9.79 Å². The summed E-state index contributed by atoms with van der Waals surface area (Å²) < 4.78 is 8.48. The fourth-order valence-electron chi connectivity index (χ4n) is 0. The van der Waals surface area contributed by atoms with Crippen molar-refractivity contribution in [2.45, 2.75) is 0 Å². The third-order valence-corrected chi connectivity index (χ3v) is 0. The number of hydrogen-bond acceptors (Lipinski definition) is 3. The summed E-state index contributed by atoms with van der Waals surface area (Å²) in [4.78, 5) is 17.0. The Labute approximate surface area is 63.8 Å². The van der Waals surface area contributed by atoms with Crippen LogP contribution in [0.3, 0.4) is 0 Å². The van der Waals surface area contributed by atoms with Crippen LogP contribution in [0.4, 0.5) is 0 Å². The van der Waals surface area contributed by atoms with Gasteiger partial charge in [0, 0.05) is 0 Å². The second-order valence-corrected chi connectivity index (χ2v) is 0.671. The SMILES string of the molecule is O=[P+]([O-])[O-].[Al+3].[Sn+4]. The first-order valence-electron chi connectivity index (χ1n) is 0.548. The van der Waals surface area contributed by atoms with Crippen LogP contribution in [0, 0.1) is 0 Å². The molecule has 0 atom stereocenters. The summed E-state index contributed by atoms with van der Waals surface area (Å²) in [6, 6.07) is 0. The van der Waals surface area contributed by atoms with Gasteiger partial charge in [-0.05, 0) is 0 Å². The Balaban J connectivity index is -0.0000000450. The quantitative estimate of drug-likeness (QED) is 0.341. The Hall–Kier alpha value is 1.35. The molecule has 0 aliphatic rings. The van der Waals surface area contributed by atoms with Crippen LogP contribution in [0.25, 0.3) is 0 Å². The van der Waals surface area contributed by atoms with Gasteiger partial charge in [0.15, 0.2) is 0 Å². The summed E-state index contributed by atoms with van der Waals surface area (Å²) in [5, 5.41) is 0. The molecule has 0 fully saturated rings. The first-order chi connectivity index (χ1) is 1.73. The molecule has 0 spiro atoms. The summed E-state index contributed by atoms with van der Waals surface area (Å²) in [5.74, 6) is 0. The maximum atomic E-state index is 8.48. The molecule has 0 saturated heterocycles. The van der Waals surface area contributed by atoms with E-state index in [2.05, 4.69) is 0 Å². The predicted molar refractivity (Wildman–Crippen MR) is 19.1 cm³/mol. The molecule has 0 rings (SSSR count). The minimum atomic E-state index is -3.37. The van der Waals surface area contributed by atoms with Gasteiger partial charge in [-0.15, -0.1) is 0 Å². The van der Waals surface area contributed by atoms with Crippen molar-refractivity contribution in [3.63, 3.8) is 0 Å². The molecule has 0 aromatic heterocycles. The molecule has 0 bridgehead atoms. The number of rotatable bonds is 0. The average molecular weight is 225 g/mol. The van der Waals surface area contributed by atoms with Gasteiger partial charge < -0.3 is 9.79 Å². The van der Waals surface area contributed by atoms with Gasteiger partial charge in [0.1, 0.15) is 0 Å². The second kappa shape index (κ2) is 9.61. The predicted octanol–water partition coefficient (Wildman–Crippen LogP) is -2.40. The summed E-state index contributed by atoms with van der Waals surface area (Å²) in [5.41, 5.74) is 0. The molecule has 3 nitrogen and oxygen atoms in total. The van der Waals surface area contributed by atoms with E-state index in [1.54, 1.807) is 0 Å². The topological polar surface area (TPSA) is 63.2 Å². The standard InChI is InChI=1S/Al.HO3P.Sn/c;1-4(2)3;/h;(H,1,2,3);/q+3;;+4/p-1. The Morgan fingerprint density at radius 1 is 1.33 bits per heavy atom. The van der Waals surface area contributed by atoms with Gasteiger partial charge in [-0.25, -0.2) is 0 Å². The van der Waals surface area contributed by atoms with Gasteiger partial charge >= 0.3 is 41.3 Å². The summed E-state index contributed by atoms with van der Waals surface area (Å²) in [6.45, 7) is 0. The largest absolute Gasteiger partial charge is 4.00 e. The fraction of sp³-hybridized carbons (Fsp3) is 0. The van der Waals surface area contributed by atoms with E-state index in [9.17, 15) is 0 Å². The molecule has 0 amide bonds. The van der Waals surface area contributed by atoms with Crippen molar-refractivity contribution in [1.82, 2.24) is 0 Å². The van der Waals surface area contributed by atoms with Crippen molar-refractivity contribution in [2.75, 3.05) is 0 Å². The van der Waals surface area contributed by atoms with E-state index >= 15 is 0 Å². The van der Waals surface area contributed by atoms with Gasteiger partial charge in [0.2, 0.25) is 0 Å². The smallest absolute Gasteiger partial charge is 0.598 e. The van der Waals surface area contributed by atoms with E-state index < -0.39 is 8.25 Å². The molecule has 0 aliphatic heterocycles. The molecule has 0 aromatic carbocycles. The van der Waals surface area contributed by atoms with Crippen molar-refractivity contribution in [1.29, 1.82) is 0 Å². The van der Waals surface area contributed by atoms with Crippen LogP contribution in [-0.2, 0) is 4.57 Å². The van der Waals surface area contributed by atoms with E-state index in [-0.39, 0.29) is 41.3 Å². The average Bonchev–Trinajstić information content (AvgIpc) is 0.811. The maximum absolute atomic E-state index is 8.48. The number of hydrogen-bond donors (Lipinski definition) is 0. The summed E-state index contributed by atoms with van der Waals surface area (Å²) in [7, 11) is -3.37. The van der Waals surface area contributed by atoms with Crippen LogP contribution in [0.2, 0.25) is 0 Å². The van der Waals surface area contributed by atoms with Crippen molar-refractivity contribution in [3.8, 4) is 0 Å². The molecule has 0 unspecified atom stereocenters. The Morgan fingerprint density at radius 2 is 1.33 bits per heavy atom. The zero-order valence-corrected chi connectivity index (χ0v) is 7.65. The Bertz CT molecular complexity index is 33.8. The minimum Gasteiger partial charge on any atom is -0.598 e. The van der Waals surface area contributed by atoms with Crippen LogP contribution in [0.15, 0.2) is 0 Å². The van der Waals surface area contributed by atoms with E-state index in [1.807, 2.05) is 0 Å². The molecular formula is AlO3PSn+6. The van der Waals surface area contributed by atoms with Crippen LogP contribution >= 0.6 is 8.25 Å². The van der Waals surface area contributed by atoms with Gasteiger partial charge in [0.05, 0.1) is 0 Å². The normalized spacial score (nSPS) is 4.33. The summed E-state index contributed by atoms with van der Waals surface area (Å²) >= 11 is 0. The fourth-order valence-corrected chi connectivity index (χ4v) is 0. The molecule has 0 saturated carbocycles. The Kier molecular flexibility index (Phi) is 25.1. The Morgan fingerprint density at radius 3 is 1.33 bits per heavy atom. The van der Waals surface area contributed by atoms with E-state index in [4.69, 9.17) is 14.4 Å². The van der Waals surface area contributed by atoms with Gasteiger partial charge in [-0.3, -0.25) is 0 Å². The third kappa shape index (κ3) is 55.5. The summed E-state index contributed by atoms with van der Waals surface area (Å²) in [6.07, 6.45) is 0. The van der Waals surface area contributed by atoms with Crippen LogP contribution in [0.1, 0.15) is 0 Å². The van der Waals surface area contributed by atoms with Gasteiger partial charge in [-0.1, -0.05) is 4.57 Å². The van der Waals surface area contributed by atoms with Crippen LogP contribution in [-0.4, -0.2) is 41.3 Å². The van der Waals surface area contributed by atoms with Gasteiger partial charge in [-0.2, -0.15) is 0 Å². The van der Waals surface area contributed by atoms with E-state index in [1.165, 1.54) is 0 Å². The molecule has 0 aromatic rings. The zero-order chi connectivity index (χ0) is 3.58. The van der Waals surface area contributed by atoms with Crippen molar-refractivity contribution < 1.29 is 14.4 Å². The van der Waals surface area contributed by atoms with Gasteiger partial charge in [0.25, 0.3) is 8.25 Å². The minimum absolute atomic E-state index is 0. The molecule has 0 N–H and O–H groups in total. The van der Waals surface area contributed by atoms with Crippen molar-refractivity contribution in [3.05, 3.63) is 0 Å². The molecule has 0 aliphatic carbocycles. The second-order valence-electron chi connectivity index (χ2n) is 0.224. The third-order valence-electron chi connectivity index (χ3n) is 0. The molecule has 6 heteroatoms. The van der Waals surface area contributed by atoms with Crippen LogP contribution in [0.5, 0.6) is 0 Å². The monoisotopic (exact) mass is 226 g/mol. The first-order valence-corrected chi connectivity index (χ1v) is 1.64. The van der Waals surface area contributed by atoms with Crippen molar-refractivity contribution >= 4 is 49.5 Å². The molecule has 6 heavy (non-hydrogen) atoms. The molecular weight excluding hydrogens is 225 g/mol. The molecule has 0 heterocycles.